The van der Waals surface area contributed by atoms with Crippen LogP contribution < -0.4 is 20.1 Å². The second-order valence-electron chi connectivity index (χ2n) is 10.5. The summed E-state index contributed by atoms with van der Waals surface area (Å²) in [5.74, 6) is -0.540. The van der Waals surface area contributed by atoms with Gasteiger partial charge in [-0.3, -0.25) is 0 Å². The summed E-state index contributed by atoms with van der Waals surface area (Å²) in [6.07, 6.45) is 5.00. The zero-order valence-corrected chi connectivity index (χ0v) is 24.2. The number of nitrogens with zero attached hydrogens (tertiary/aromatic N) is 5. The van der Waals surface area contributed by atoms with Crippen LogP contribution in [0.15, 0.2) is 24.3 Å². The second-order valence-corrected chi connectivity index (χ2v) is 12.0. The first-order valence-corrected chi connectivity index (χ1v) is 14.4. The van der Waals surface area contributed by atoms with Crippen molar-refractivity contribution in [2.45, 2.75) is 19.4 Å². The fourth-order valence-corrected chi connectivity index (χ4v) is 6.82. The van der Waals surface area contributed by atoms with Crippen LogP contribution in [0.4, 0.5) is 19.6 Å². The molecule has 0 saturated heterocycles. The van der Waals surface area contributed by atoms with Gasteiger partial charge in [-0.25, -0.2) is 8.78 Å². The highest BCUT2D eigenvalue weighted by atomic mass is 35.5. The topological polar surface area (TPSA) is 101 Å². The molecule has 0 aliphatic carbocycles. The summed E-state index contributed by atoms with van der Waals surface area (Å²) >= 11 is 7.87. The largest absolute Gasteiger partial charge is 0.489 e. The normalized spacial score (nSPS) is 18.7. The number of thiophene rings is 1. The van der Waals surface area contributed by atoms with E-state index in [-0.39, 0.29) is 72.6 Å². The summed E-state index contributed by atoms with van der Waals surface area (Å²) < 4.78 is 44.0. The molecule has 0 fully saturated rings. The summed E-state index contributed by atoms with van der Waals surface area (Å²) in [7, 11) is 3.98. The van der Waals surface area contributed by atoms with E-state index >= 15 is 4.39 Å². The molecule has 2 aromatic carbocycles. The lowest BCUT2D eigenvalue weighted by atomic mass is 9.96. The quantitative estimate of drug-likeness (QED) is 0.287. The van der Waals surface area contributed by atoms with E-state index in [0.29, 0.717) is 24.4 Å². The molecule has 2 aliphatic heterocycles. The predicted molar refractivity (Wildman–Crippen MR) is 158 cm³/mol. The molecule has 1 unspecified atom stereocenters. The van der Waals surface area contributed by atoms with Crippen molar-refractivity contribution in [2.75, 3.05) is 51.0 Å². The van der Waals surface area contributed by atoms with Gasteiger partial charge in [0.2, 0.25) is 0 Å². The molecule has 0 amide bonds. The lowest BCUT2D eigenvalue weighted by molar-refractivity contribution is 0.225. The average molecular weight is 597 g/mol. The van der Waals surface area contributed by atoms with Crippen LogP contribution in [0.25, 0.3) is 32.1 Å². The molecular weight excluding hydrogens is 570 g/mol. The molecule has 4 heterocycles. The van der Waals surface area contributed by atoms with Crippen LogP contribution in [0.3, 0.4) is 0 Å². The summed E-state index contributed by atoms with van der Waals surface area (Å²) in [6.45, 7) is 3.93. The highest BCUT2D eigenvalue weighted by Gasteiger charge is 2.33. The molecule has 2 bridgehead atoms. The van der Waals surface area contributed by atoms with Crippen LogP contribution in [0, 0.1) is 28.9 Å². The number of anilines is 2. The fraction of sp³-hybridized carbons (Fsp3) is 0.345. The van der Waals surface area contributed by atoms with Gasteiger partial charge in [0.25, 0.3) is 0 Å². The molecule has 2 aliphatic rings. The maximum absolute atomic E-state index is 16.8. The van der Waals surface area contributed by atoms with Gasteiger partial charge >= 0.3 is 6.01 Å². The Balaban J connectivity index is 1.64. The Morgan fingerprint density at radius 2 is 2.02 bits per heavy atom. The minimum atomic E-state index is -0.750. The van der Waals surface area contributed by atoms with E-state index in [2.05, 4.69) is 26.9 Å². The van der Waals surface area contributed by atoms with E-state index in [4.69, 9.17) is 31.8 Å². The molecule has 8 nitrogen and oxygen atoms in total. The Bertz CT molecular complexity index is 1770. The number of hydrogen-bond acceptors (Lipinski definition) is 9. The van der Waals surface area contributed by atoms with Gasteiger partial charge in [-0.15, -0.1) is 11.3 Å². The number of fused-ring (bicyclic) bond motifs is 2. The number of ether oxygens (including phenoxy) is 2. The molecular formula is C29H27ClF2N6O2S. The van der Waals surface area contributed by atoms with E-state index in [1.165, 1.54) is 12.1 Å². The Hall–Kier alpha value is -3.72. The number of aromatic nitrogens is 2. The molecule has 41 heavy (non-hydrogen) atoms. The highest BCUT2D eigenvalue weighted by molar-refractivity contribution is 7.23. The van der Waals surface area contributed by atoms with Gasteiger partial charge in [0.15, 0.2) is 11.6 Å². The summed E-state index contributed by atoms with van der Waals surface area (Å²) in [5.41, 5.74) is 6.25. The Labute approximate surface area is 244 Å². The Morgan fingerprint density at radius 3 is 2.78 bits per heavy atom. The van der Waals surface area contributed by atoms with Crippen molar-refractivity contribution >= 4 is 54.7 Å². The number of nitriles is 1. The molecule has 2 N–H and O–H groups in total. The van der Waals surface area contributed by atoms with Crippen LogP contribution >= 0.6 is 22.9 Å². The van der Waals surface area contributed by atoms with Crippen molar-refractivity contribution in [1.82, 2.24) is 14.9 Å². The summed E-state index contributed by atoms with van der Waals surface area (Å²) in [6, 6.07) is 4.56. The molecule has 0 radical (unpaired) electrons. The molecule has 6 rings (SSSR count). The molecule has 2 atom stereocenters. The van der Waals surface area contributed by atoms with Gasteiger partial charge in [-0.2, -0.15) is 15.2 Å². The van der Waals surface area contributed by atoms with Crippen molar-refractivity contribution in [1.29, 1.82) is 5.26 Å². The minimum absolute atomic E-state index is 0.0144. The zero-order chi connectivity index (χ0) is 29.0. The third kappa shape index (κ3) is 4.60. The molecule has 212 valence electrons. The average Bonchev–Trinajstić information content (AvgIpc) is 3.19. The predicted octanol–water partition coefficient (Wildman–Crippen LogP) is 6.00. The molecule has 0 spiro atoms. The van der Waals surface area contributed by atoms with Gasteiger partial charge in [0.05, 0.1) is 33.3 Å². The Morgan fingerprint density at radius 1 is 1.22 bits per heavy atom. The number of hydrogen-bond donors (Lipinski definition) is 1. The van der Waals surface area contributed by atoms with E-state index in [1.807, 2.05) is 27.1 Å². The number of nitrogens with two attached hydrogens (primary N) is 1. The molecule has 0 saturated carbocycles. The maximum Gasteiger partial charge on any atom is 0.319 e. The van der Waals surface area contributed by atoms with E-state index in [0.717, 1.165) is 24.3 Å². The van der Waals surface area contributed by atoms with Crippen molar-refractivity contribution in [3.63, 3.8) is 0 Å². The minimum Gasteiger partial charge on any atom is -0.489 e. The van der Waals surface area contributed by atoms with Gasteiger partial charge < -0.3 is 25.0 Å². The maximum atomic E-state index is 16.8. The van der Waals surface area contributed by atoms with Gasteiger partial charge in [0, 0.05) is 30.0 Å². The molecule has 12 heteroatoms. The van der Waals surface area contributed by atoms with Crippen molar-refractivity contribution in [2.24, 2.45) is 5.92 Å². The fourth-order valence-electron chi connectivity index (χ4n) is 5.54. The van der Waals surface area contributed by atoms with Gasteiger partial charge in [-0.1, -0.05) is 29.8 Å². The highest BCUT2D eigenvalue weighted by Crippen LogP contribution is 2.51. The van der Waals surface area contributed by atoms with Crippen molar-refractivity contribution in [3.05, 3.63) is 46.5 Å². The summed E-state index contributed by atoms with van der Waals surface area (Å²) in [5, 5.41) is 10.5. The first-order valence-electron chi connectivity index (χ1n) is 13.2. The number of nitrogen functional groups attached to an aromatic ring is 1. The SMILES string of the molecule is C[C@@H]1COc2c(Cl)c(-c3ccc(F)c4sc(N)c(C#N)c34)c(F)c3nc4nc(c23)N1CCC=CC(CN(C)C)CO4. The van der Waals surface area contributed by atoms with Crippen LogP contribution in [-0.2, 0) is 0 Å². The number of benzene rings is 2. The Kier molecular flexibility index (Phi) is 7.09. The number of rotatable bonds is 3. The van der Waals surface area contributed by atoms with Crippen LogP contribution in [0.2, 0.25) is 5.02 Å². The first kappa shape index (κ1) is 27.4. The number of halogens is 3. The molecule has 4 aromatic rings. The van der Waals surface area contributed by atoms with Gasteiger partial charge in [0.1, 0.15) is 34.8 Å². The van der Waals surface area contributed by atoms with E-state index in [1.54, 1.807) is 0 Å². The van der Waals surface area contributed by atoms with Crippen LogP contribution in [0.1, 0.15) is 18.9 Å². The lowest BCUT2D eigenvalue weighted by Crippen LogP contribution is -2.37. The standard InChI is InChI=1S/C29H27ClF2N6O2S/c1-14-12-39-25-21-24(35-29-36-28(21)38(14)9-5-4-6-15(13-40-29)11-37(2)3)23(32)20(22(25)30)16-7-8-18(31)26-19(16)17(10-33)27(34)41-26/h4,6-8,14-15H,5,9,11-13,34H2,1-3H3/t14-,15?/m1/s1. The third-order valence-electron chi connectivity index (χ3n) is 7.39. The lowest BCUT2D eigenvalue weighted by Gasteiger charge is -2.28. The first-order chi connectivity index (χ1) is 19.7. The zero-order valence-electron chi connectivity index (χ0n) is 22.7. The van der Waals surface area contributed by atoms with Crippen LogP contribution in [0.5, 0.6) is 11.8 Å². The summed E-state index contributed by atoms with van der Waals surface area (Å²) in [4.78, 5) is 13.4. The smallest absolute Gasteiger partial charge is 0.319 e. The molecule has 2 aromatic heterocycles. The van der Waals surface area contributed by atoms with Crippen molar-refractivity contribution in [3.8, 4) is 29.0 Å². The van der Waals surface area contributed by atoms with E-state index in [9.17, 15) is 9.65 Å². The van der Waals surface area contributed by atoms with Crippen LogP contribution in [-0.4, -0.2) is 61.3 Å². The second kappa shape index (κ2) is 10.6. The monoisotopic (exact) mass is 596 g/mol. The third-order valence-corrected chi connectivity index (χ3v) is 8.77. The van der Waals surface area contributed by atoms with Gasteiger partial charge in [-0.05, 0) is 39.1 Å². The van der Waals surface area contributed by atoms with E-state index < -0.39 is 11.6 Å². The van der Waals surface area contributed by atoms with Crippen molar-refractivity contribution < 1.29 is 18.3 Å².